The quantitative estimate of drug-likeness (QED) is 0.632. The number of nitrogens with one attached hydrogen (secondary N) is 1. The number of benzene rings is 1. The topological polar surface area (TPSA) is 78.6 Å². The molecule has 0 radical (unpaired) electrons. The Morgan fingerprint density at radius 1 is 1.43 bits per heavy atom. The molecule has 116 valence electrons. The van der Waals surface area contributed by atoms with E-state index in [0.717, 1.165) is 5.56 Å². The van der Waals surface area contributed by atoms with Crippen LogP contribution in [-0.4, -0.2) is 46.6 Å². The molecule has 0 unspecified atom stereocenters. The molecule has 6 heteroatoms. The molecular formula is C15H23N3O2S. The van der Waals surface area contributed by atoms with Crippen LogP contribution >= 0.6 is 12.2 Å². The number of aliphatic hydroxyl groups is 1. The van der Waals surface area contributed by atoms with Gasteiger partial charge in [-0.15, -0.1) is 0 Å². The Labute approximate surface area is 131 Å². The molecule has 1 rings (SSSR count). The maximum Gasteiger partial charge on any atom is 0.225 e. The van der Waals surface area contributed by atoms with Crippen LogP contribution in [0.1, 0.15) is 25.8 Å². The molecule has 0 saturated carbocycles. The molecule has 0 spiro atoms. The lowest BCUT2D eigenvalue weighted by Crippen LogP contribution is -2.35. The molecule has 1 amide bonds. The Balaban J connectivity index is 2.53. The van der Waals surface area contributed by atoms with Gasteiger partial charge in [0.1, 0.15) is 4.99 Å². The number of anilines is 1. The summed E-state index contributed by atoms with van der Waals surface area (Å²) >= 11 is 4.91. The first-order valence-electron chi connectivity index (χ1n) is 6.98. The van der Waals surface area contributed by atoms with Crippen LogP contribution < -0.4 is 11.1 Å². The summed E-state index contributed by atoms with van der Waals surface area (Å²) in [4.78, 5) is 14.3. The summed E-state index contributed by atoms with van der Waals surface area (Å²) in [5, 5.41) is 11.8. The predicted molar refractivity (Wildman–Crippen MR) is 89.4 cm³/mol. The van der Waals surface area contributed by atoms with E-state index in [1.807, 2.05) is 13.8 Å². The van der Waals surface area contributed by atoms with Crippen molar-refractivity contribution >= 4 is 28.8 Å². The number of hydrogen-bond donors (Lipinski definition) is 3. The van der Waals surface area contributed by atoms with E-state index in [0.29, 0.717) is 36.2 Å². The summed E-state index contributed by atoms with van der Waals surface area (Å²) in [6.07, 6.45) is 0.371. The highest BCUT2D eigenvalue weighted by atomic mass is 32.1. The third-order valence-electron chi connectivity index (χ3n) is 3.17. The van der Waals surface area contributed by atoms with Crippen LogP contribution in [0, 0.1) is 0 Å². The number of hydrogen-bond acceptors (Lipinski definition) is 4. The van der Waals surface area contributed by atoms with Gasteiger partial charge in [0.2, 0.25) is 5.91 Å². The summed E-state index contributed by atoms with van der Waals surface area (Å²) in [5.74, 6) is -0.0707. The van der Waals surface area contributed by atoms with Gasteiger partial charge in [-0.25, -0.2) is 0 Å². The number of amides is 1. The number of nitrogens with zero attached hydrogens (tertiary/aromatic N) is 1. The second-order valence-electron chi connectivity index (χ2n) is 5.10. The van der Waals surface area contributed by atoms with Crippen LogP contribution in [0.4, 0.5) is 5.69 Å². The van der Waals surface area contributed by atoms with E-state index in [-0.39, 0.29) is 12.5 Å². The van der Waals surface area contributed by atoms with Crippen molar-refractivity contribution in [2.45, 2.75) is 26.3 Å². The highest BCUT2D eigenvalue weighted by molar-refractivity contribution is 7.80. The van der Waals surface area contributed by atoms with Crippen molar-refractivity contribution in [3.63, 3.8) is 0 Å². The lowest BCUT2D eigenvalue weighted by molar-refractivity contribution is -0.116. The largest absolute Gasteiger partial charge is 0.395 e. The first-order chi connectivity index (χ1) is 9.93. The zero-order valence-corrected chi connectivity index (χ0v) is 13.3. The number of nitrogens with two attached hydrogens (primary N) is 1. The molecule has 0 aliphatic heterocycles. The van der Waals surface area contributed by atoms with Crippen LogP contribution in [-0.2, 0) is 4.79 Å². The Morgan fingerprint density at radius 3 is 2.71 bits per heavy atom. The van der Waals surface area contributed by atoms with Gasteiger partial charge in [0.15, 0.2) is 0 Å². The minimum atomic E-state index is -0.0707. The Bertz CT molecular complexity index is 492. The molecule has 0 aliphatic carbocycles. The van der Waals surface area contributed by atoms with Gasteiger partial charge in [-0.2, -0.15) is 0 Å². The molecule has 5 nitrogen and oxygen atoms in total. The summed E-state index contributed by atoms with van der Waals surface area (Å²) in [6.45, 7) is 5.36. The smallest absolute Gasteiger partial charge is 0.225 e. The fourth-order valence-electron chi connectivity index (χ4n) is 1.98. The van der Waals surface area contributed by atoms with Crippen LogP contribution in [0.2, 0.25) is 0 Å². The average Bonchev–Trinajstić information content (AvgIpc) is 2.43. The number of aliphatic hydroxyl groups excluding tert-OH is 1. The zero-order chi connectivity index (χ0) is 15.8. The van der Waals surface area contributed by atoms with Crippen molar-refractivity contribution in [2.24, 2.45) is 5.73 Å². The van der Waals surface area contributed by atoms with E-state index in [2.05, 4.69) is 10.2 Å². The van der Waals surface area contributed by atoms with Gasteiger partial charge in [-0.3, -0.25) is 9.69 Å². The maximum atomic E-state index is 12.0. The number of carbonyl (C=O) groups excluding carboxylic acids is 1. The highest BCUT2D eigenvalue weighted by Crippen LogP contribution is 2.11. The molecular weight excluding hydrogens is 286 g/mol. The number of carbonyl (C=O) groups is 1. The van der Waals surface area contributed by atoms with E-state index in [1.165, 1.54) is 0 Å². The van der Waals surface area contributed by atoms with Crippen LogP contribution in [0.3, 0.4) is 0 Å². The fourth-order valence-corrected chi connectivity index (χ4v) is 2.10. The van der Waals surface area contributed by atoms with Crippen LogP contribution in [0.25, 0.3) is 0 Å². The molecule has 4 N–H and O–H groups in total. The van der Waals surface area contributed by atoms with Gasteiger partial charge in [0.25, 0.3) is 0 Å². The van der Waals surface area contributed by atoms with E-state index in [1.54, 1.807) is 24.3 Å². The van der Waals surface area contributed by atoms with E-state index in [9.17, 15) is 4.79 Å². The van der Waals surface area contributed by atoms with Crippen molar-refractivity contribution in [2.75, 3.05) is 25.0 Å². The highest BCUT2D eigenvalue weighted by Gasteiger charge is 2.11. The Kier molecular flexibility index (Phi) is 7.28. The molecule has 0 fully saturated rings. The third-order valence-corrected chi connectivity index (χ3v) is 3.41. The second-order valence-corrected chi connectivity index (χ2v) is 5.54. The summed E-state index contributed by atoms with van der Waals surface area (Å²) < 4.78 is 0. The average molecular weight is 309 g/mol. The van der Waals surface area contributed by atoms with Gasteiger partial charge < -0.3 is 16.2 Å². The first-order valence-corrected chi connectivity index (χ1v) is 7.39. The van der Waals surface area contributed by atoms with Crippen molar-refractivity contribution in [1.29, 1.82) is 0 Å². The normalized spacial score (nSPS) is 10.9. The monoisotopic (exact) mass is 309 g/mol. The summed E-state index contributed by atoms with van der Waals surface area (Å²) in [7, 11) is 0. The minimum Gasteiger partial charge on any atom is -0.395 e. The van der Waals surface area contributed by atoms with Crippen molar-refractivity contribution < 1.29 is 9.90 Å². The standard InChI is InChI=1S/C15H23N3O2S/c1-11(2)18(8-9-19)7-6-14(20)17-13-5-3-4-12(10-13)15(16)21/h3-5,10-11,19H,6-9H2,1-2H3,(H2,16,21)(H,17,20). The fraction of sp³-hybridized carbons (Fsp3) is 0.467. The van der Waals surface area contributed by atoms with E-state index >= 15 is 0 Å². The lowest BCUT2D eigenvalue weighted by atomic mass is 10.2. The summed E-state index contributed by atoms with van der Waals surface area (Å²) in [5.41, 5.74) is 6.98. The van der Waals surface area contributed by atoms with Crippen molar-refractivity contribution in [3.8, 4) is 0 Å². The van der Waals surface area contributed by atoms with Crippen LogP contribution in [0.5, 0.6) is 0 Å². The molecule has 0 bridgehead atoms. The zero-order valence-electron chi connectivity index (χ0n) is 12.5. The van der Waals surface area contributed by atoms with Gasteiger partial charge in [0.05, 0.1) is 6.61 Å². The summed E-state index contributed by atoms with van der Waals surface area (Å²) in [6, 6.07) is 7.46. The molecule has 1 aromatic rings. The second kappa shape index (κ2) is 8.71. The maximum absolute atomic E-state index is 12.0. The molecule has 0 heterocycles. The molecule has 0 aromatic heterocycles. The Hall–Kier alpha value is -1.50. The SMILES string of the molecule is CC(C)N(CCO)CCC(=O)Nc1cccc(C(N)=S)c1. The first kappa shape index (κ1) is 17.6. The minimum absolute atomic E-state index is 0.0707. The van der Waals surface area contributed by atoms with Gasteiger partial charge in [-0.1, -0.05) is 24.4 Å². The number of rotatable bonds is 8. The van der Waals surface area contributed by atoms with E-state index < -0.39 is 0 Å². The van der Waals surface area contributed by atoms with Gasteiger partial charge in [0, 0.05) is 36.8 Å². The van der Waals surface area contributed by atoms with Crippen molar-refractivity contribution in [3.05, 3.63) is 29.8 Å². The van der Waals surface area contributed by atoms with Gasteiger partial charge in [-0.05, 0) is 26.0 Å². The molecule has 0 atom stereocenters. The molecule has 0 aliphatic rings. The molecule has 0 saturated heterocycles. The van der Waals surface area contributed by atoms with E-state index in [4.69, 9.17) is 23.1 Å². The third kappa shape index (κ3) is 6.20. The molecule has 1 aromatic carbocycles. The van der Waals surface area contributed by atoms with Gasteiger partial charge >= 0.3 is 0 Å². The van der Waals surface area contributed by atoms with Crippen LogP contribution in [0.15, 0.2) is 24.3 Å². The number of thiocarbonyl (C=S) groups is 1. The lowest BCUT2D eigenvalue weighted by Gasteiger charge is -2.25. The molecule has 21 heavy (non-hydrogen) atoms. The predicted octanol–water partition coefficient (Wildman–Crippen LogP) is 1.35. The Morgan fingerprint density at radius 2 is 2.14 bits per heavy atom. The van der Waals surface area contributed by atoms with Crippen molar-refractivity contribution in [1.82, 2.24) is 4.90 Å².